The summed E-state index contributed by atoms with van der Waals surface area (Å²) in [6.07, 6.45) is 9.37. The first-order valence-electron chi connectivity index (χ1n) is 10.8. The van der Waals surface area contributed by atoms with Gasteiger partial charge in [-0.25, -0.2) is 4.68 Å². The van der Waals surface area contributed by atoms with Crippen molar-refractivity contribution < 1.29 is 9.59 Å². The second kappa shape index (κ2) is 8.80. The Hall–Kier alpha value is -2.63. The molecule has 1 aliphatic heterocycles. The number of carbonyl (C=O) groups is 2. The number of hydrogen-bond donors (Lipinski definition) is 1. The Morgan fingerprint density at radius 3 is 2.52 bits per heavy atom. The van der Waals surface area contributed by atoms with Crippen molar-refractivity contribution in [3.05, 3.63) is 47.7 Å². The number of anilines is 1. The van der Waals surface area contributed by atoms with E-state index >= 15 is 0 Å². The highest BCUT2D eigenvalue weighted by Gasteiger charge is 2.30. The zero-order valence-electron chi connectivity index (χ0n) is 17.1. The Labute approximate surface area is 172 Å². The molecule has 1 aliphatic carbocycles. The van der Waals surface area contributed by atoms with Crippen molar-refractivity contribution in [2.24, 2.45) is 5.92 Å². The number of nitrogens with zero attached hydrogens (tertiary/aromatic N) is 3. The monoisotopic (exact) mass is 394 g/mol. The van der Waals surface area contributed by atoms with Crippen LogP contribution in [0.4, 0.5) is 5.82 Å². The molecular weight excluding hydrogens is 364 g/mol. The van der Waals surface area contributed by atoms with Crippen LogP contribution in [0.25, 0.3) is 0 Å². The first kappa shape index (κ1) is 19.7. The van der Waals surface area contributed by atoms with Crippen molar-refractivity contribution in [1.29, 1.82) is 0 Å². The predicted octanol–water partition coefficient (Wildman–Crippen LogP) is 4.19. The lowest BCUT2D eigenvalue weighted by Crippen LogP contribution is -2.44. The standard InChI is InChI=1S/C23H30N4O2/c1-17-9-11-18(12-10-17)23(29)26-15-5-6-19(16-26)22(28)25-21-13-14-24-27(21)20-7-3-2-4-8-20/h9-14,19-20H,2-8,15-16H2,1H3,(H,25,28)/t19-/m1/s1. The van der Waals surface area contributed by atoms with Gasteiger partial charge in [0.05, 0.1) is 18.2 Å². The topological polar surface area (TPSA) is 67.2 Å². The molecule has 0 spiro atoms. The van der Waals surface area contributed by atoms with Crippen LogP contribution in [0.15, 0.2) is 36.5 Å². The summed E-state index contributed by atoms with van der Waals surface area (Å²) in [5.74, 6) is 0.593. The van der Waals surface area contributed by atoms with E-state index in [0.717, 1.165) is 37.1 Å². The SMILES string of the molecule is Cc1ccc(C(=O)N2CCC[C@@H](C(=O)Nc3ccnn3C3CCCCC3)C2)cc1. The van der Waals surface area contributed by atoms with Crippen LogP contribution in [0, 0.1) is 12.8 Å². The largest absolute Gasteiger partial charge is 0.338 e. The molecule has 0 bridgehead atoms. The third-order valence-corrected chi connectivity index (χ3v) is 6.22. The van der Waals surface area contributed by atoms with Gasteiger partial charge in [-0.1, -0.05) is 37.0 Å². The van der Waals surface area contributed by atoms with Crippen molar-refractivity contribution >= 4 is 17.6 Å². The molecule has 4 rings (SSSR count). The number of nitrogens with one attached hydrogen (secondary N) is 1. The molecule has 0 radical (unpaired) electrons. The number of aryl methyl sites for hydroxylation is 1. The summed E-state index contributed by atoms with van der Waals surface area (Å²) in [7, 11) is 0. The molecule has 6 nitrogen and oxygen atoms in total. The summed E-state index contributed by atoms with van der Waals surface area (Å²) in [6, 6.07) is 9.89. The van der Waals surface area contributed by atoms with Crippen LogP contribution < -0.4 is 5.32 Å². The fourth-order valence-corrected chi connectivity index (χ4v) is 4.51. The summed E-state index contributed by atoms with van der Waals surface area (Å²) in [5.41, 5.74) is 1.82. The normalized spacial score (nSPS) is 20.4. The molecule has 1 saturated carbocycles. The first-order valence-corrected chi connectivity index (χ1v) is 10.8. The second-order valence-corrected chi connectivity index (χ2v) is 8.40. The van der Waals surface area contributed by atoms with Crippen LogP contribution in [-0.2, 0) is 4.79 Å². The molecule has 2 heterocycles. The lowest BCUT2D eigenvalue weighted by atomic mass is 9.95. The molecule has 154 valence electrons. The molecule has 1 aromatic heterocycles. The van der Waals surface area contributed by atoms with Gasteiger partial charge in [0.25, 0.3) is 5.91 Å². The van der Waals surface area contributed by atoms with Gasteiger partial charge in [0.15, 0.2) is 0 Å². The Morgan fingerprint density at radius 1 is 1.00 bits per heavy atom. The van der Waals surface area contributed by atoms with Gasteiger partial charge in [-0.05, 0) is 44.7 Å². The van der Waals surface area contributed by atoms with Crippen molar-refractivity contribution in [3.63, 3.8) is 0 Å². The molecule has 6 heteroatoms. The van der Waals surface area contributed by atoms with Gasteiger partial charge >= 0.3 is 0 Å². The van der Waals surface area contributed by atoms with E-state index in [2.05, 4.69) is 10.4 Å². The number of amides is 2. The highest BCUT2D eigenvalue weighted by atomic mass is 16.2. The highest BCUT2D eigenvalue weighted by molar-refractivity contribution is 5.96. The lowest BCUT2D eigenvalue weighted by molar-refractivity contribution is -0.121. The summed E-state index contributed by atoms with van der Waals surface area (Å²) in [5, 5.41) is 7.55. The number of aromatic nitrogens is 2. The number of benzene rings is 1. The highest BCUT2D eigenvalue weighted by Crippen LogP contribution is 2.30. The van der Waals surface area contributed by atoms with Gasteiger partial charge in [0.1, 0.15) is 5.82 Å². The van der Waals surface area contributed by atoms with E-state index in [0.29, 0.717) is 24.7 Å². The molecule has 1 aromatic carbocycles. The van der Waals surface area contributed by atoms with Gasteiger partial charge in [-0.3, -0.25) is 9.59 Å². The average Bonchev–Trinajstić information content (AvgIpc) is 3.22. The Bertz CT molecular complexity index is 852. The molecular formula is C23H30N4O2. The van der Waals surface area contributed by atoms with E-state index in [4.69, 9.17) is 0 Å². The molecule has 29 heavy (non-hydrogen) atoms. The first-order chi connectivity index (χ1) is 14.1. The summed E-state index contributed by atoms with van der Waals surface area (Å²) >= 11 is 0. The summed E-state index contributed by atoms with van der Waals surface area (Å²) in [4.78, 5) is 27.6. The molecule has 1 atom stereocenters. The smallest absolute Gasteiger partial charge is 0.253 e. The van der Waals surface area contributed by atoms with E-state index in [1.54, 1.807) is 6.20 Å². The number of hydrogen-bond acceptors (Lipinski definition) is 3. The van der Waals surface area contributed by atoms with E-state index < -0.39 is 0 Å². The second-order valence-electron chi connectivity index (χ2n) is 8.40. The van der Waals surface area contributed by atoms with Crippen LogP contribution in [-0.4, -0.2) is 39.6 Å². The van der Waals surface area contributed by atoms with Gasteiger partial charge < -0.3 is 10.2 Å². The lowest BCUT2D eigenvalue weighted by Gasteiger charge is -2.32. The van der Waals surface area contributed by atoms with Gasteiger partial charge in [-0.15, -0.1) is 0 Å². The predicted molar refractivity (Wildman–Crippen MR) is 113 cm³/mol. The van der Waals surface area contributed by atoms with Gasteiger partial charge in [0.2, 0.25) is 5.91 Å². The molecule has 0 unspecified atom stereocenters. The van der Waals surface area contributed by atoms with E-state index in [-0.39, 0.29) is 17.7 Å². The Balaban J connectivity index is 1.40. The number of piperidine rings is 1. The minimum atomic E-state index is -0.187. The molecule has 2 aliphatic rings. The molecule has 1 N–H and O–H groups in total. The number of rotatable bonds is 4. The maximum atomic E-state index is 13.0. The van der Waals surface area contributed by atoms with Crippen molar-refractivity contribution in [3.8, 4) is 0 Å². The van der Waals surface area contributed by atoms with Crippen molar-refractivity contribution in [2.45, 2.75) is 57.9 Å². The minimum absolute atomic E-state index is 0.00903. The van der Waals surface area contributed by atoms with Crippen LogP contribution in [0.5, 0.6) is 0 Å². The molecule has 2 aromatic rings. The third-order valence-electron chi connectivity index (χ3n) is 6.22. The van der Waals surface area contributed by atoms with E-state index in [1.807, 2.05) is 46.8 Å². The fraction of sp³-hybridized carbons (Fsp3) is 0.522. The van der Waals surface area contributed by atoms with Crippen LogP contribution in [0.2, 0.25) is 0 Å². The van der Waals surface area contributed by atoms with Gasteiger partial charge in [0, 0.05) is 24.7 Å². The van der Waals surface area contributed by atoms with Crippen LogP contribution in [0.3, 0.4) is 0 Å². The van der Waals surface area contributed by atoms with E-state index in [9.17, 15) is 9.59 Å². The zero-order valence-corrected chi connectivity index (χ0v) is 17.1. The Kier molecular flexibility index (Phi) is 5.97. The van der Waals surface area contributed by atoms with Crippen molar-refractivity contribution in [1.82, 2.24) is 14.7 Å². The molecule has 1 saturated heterocycles. The maximum Gasteiger partial charge on any atom is 0.253 e. The molecule has 2 amide bonds. The average molecular weight is 395 g/mol. The summed E-state index contributed by atoms with van der Waals surface area (Å²) < 4.78 is 1.98. The maximum absolute atomic E-state index is 13.0. The van der Waals surface area contributed by atoms with Crippen LogP contribution >= 0.6 is 0 Å². The minimum Gasteiger partial charge on any atom is -0.338 e. The molecule has 2 fully saturated rings. The number of carbonyl (C=O) groups excluding carboxylic acids is 2. The van der Waals surface area contributed by atoms with Crippen LogP contribution in [0.1, 0.15) is 66.9 Å². The van der Waals surface area contributed by atoms with Gasteiger partial charge in [-0.2, -0.15) is 5.10 Å². The quantitative estimate of drug-likeness (QED) is 0.846. The summed E-state index contributed by atoms with van der Waals surface area (Å²) in [6.45, 7) is 3.18. The fourth-order valence-electron chi connectivity index (χ4n) is 4.51. The Morgan fingerprint density at radius 2 is 1.76 bits per heavy atom. The van der Waals surface area contributed by atoms with E-state index in [1.165, 1.54) is 19.3 Å². The number of likely N-dealkylation sites (tertiary alicyclic amines) is 1. The third kappa shape index (κ3) is 4.52. The van der Waals surface area contributed by atoms with Crippen molar-refractivity contribution in [2.75, 3.05) is 18.4 Å². The zero-order chi connectivity index (χ0) is 20.2.